The molecular weight excluding hydrogens is 308 g/mol. The fourth-order valence-electron chi connectivity index (χ4n) is 3.31. The Bertz CT molecular complexity index is 875. The Hall–Kier alpha value is -2.71. The number of fused-ring (bicyclic) bond motifs is 1. The van der Waals surface area contributed by atoms with Crippen LogP contribution < -0.4 is 9.80 Å². The number of rotatable bonds is 3. The van der Waals surface area contributed by atoms with Gasteiger partial charge in [0.25, 0.3) is 0 Å². The first-order valence-corrected chi connectivity index (χ1v) is 8.29. The number of nitrogens with zero attached hydrogens (tertiary/aromatic N) is 8. The smallest absolute Gasteiger partial charge is 0.200 e. The van der Waals surface area contributed by atoms with Crippen LogP contribution in [0.15, 0.2) is 17.0 Å². The van der Waals surface area contributed by atoms with Crippen LogP contribution in [-0.4, -0.2) is 56.3 Å². The number of hydrogen-bond acceptors (Lipinski definition) is 8. The molecule has 0 bridgehead atoms. The monoisotopic (exact) mass is 326 g/mol. The van der Waals surface area contributed by atoms with E-state index in [1.165, 1.54) is 12.8 Å². The normalized spacial score (nSPS) is 18.5. The molecule has 9 nitrogen and oxygen atoms in total. The van der Waals surface area contributed by atoms with Crippen LogP contribution in [0.3, 0.4) is 0 Å². The van der Waals surface area contributed by atoms with E-state index in [0.717, 1.165) is 54.7 Å². The lowest BCUT2D eigenvalue weighted by Gasteiger charge is -2.36. The second-order valence-electron chi connectivity index (χ2n) is 6.48. The van der Waals surface area contributed by atoms with Gasteiger partial charge in [-0.15, -0.1) is 10.2 Å². The summed E-state index contributed by atoms with van der Waals surface area (Å²) in [5.41, 5.74) is 3.94. The third-order valence-corrected chi connectivity index (χ3v) is 4.81. The molecule has 4 heterocycles. The van der Waals surface area contributed by atoms with Crippen LogP contribution in [0.25, 0.3) is 5.65 Å². The zero-order valence-corrected chi connectivity index (χ0v) is 13.5. The average molecular weight is 326 g/mol. The van der Waals surface area contributed by atoms with Crippen molar-refractivity contribution < 1.29 is 4.63 Å². The highest BCUT2D eigenvalue weighted by molar-refractivity contribution is 5.69. The van der Waals surface area contributed by atoms with E-state index in [1.807, 2.05) is 6.92 Å². The van der Waals surface area contributed by atoms with Gasteiger partial charge in [-0.2, -0.15) is 9.61 Å². The van der Waals surface area contributed by atoms with E-state index in [2.05, 4.69) is 41.5 Å². The molecule has 1 saturated heterocycles. The number of aryl methyl sites for hydroxylation is 1. The zero-order chi connectivity index (χ0) is 16.1. The number of aromatic nitrogens is 6. The fraction of sp³-hybridized carbons (Fsp3) is 0.533. The summed E-state index contributed by atoms with van der Waals surface area (Å²) in [4.78, 5) is 4.57. The maximum absolute atomic E-state index is 4.82. The van der Waals surface area contributed by atoms with Gasteiger partial charge in [-0.3, -0.25) is 0 Å². The molecule has 24 heavy (non-hydrogen) atoms. The first kappa shape index (κ1) is 13.7. The summed E-state index contributed by atoms with van der Waals surface area (Å²) in [5, 5.41) is 20.8. The lowest BCUT2D eigenvalue weighted by atomic mass is 10.2. The lowest BCUT2D eigenvalue weighted by Crippen LogP contribution is -2.47. The quantitative estimate of drug-likeness (QED) is 0.705. The van der Waals surface area contributed by atoms with E-state index in [0.29, 0.717) is 5.92 Å². The van der Waals surface area contributed by atoms with Crippen molar-refractivity contribution in [2.45, 2.75) is 25.7 Å². The minimum atomic E-state index is 0.598. The van der Waals surface area contributed by atoms with E-state index < -0.39 is 0 Å². The van der Waals surface area contributed by atoms with Crippen molar-refractivity contribution in [2.24, 2.45) is 0 Å². The molecule has 0 radical (unpaired) electrons. The van der Waals surface area contributed by atoms with Crippen LogP contribution in [0.5, 0.6) is 0 Å². The van der Waals surface area contributed by atoms with Gasteiger partial charge >= 0.3 is 0 Å². The highest BCUT2D eigenvalue weighted by Crippen LogP contribution is 2.40. The summed E-state index contributed by atoms with van der Waals surface area (Å²) in [7, 11) is 0. The highest BCUT2D eigenvalue weighted by Gasteiger charge is 2.29. The van der Waals surface area contributed by atoms with Gasteiger partial charge in [0.15, 0.2) is 5.82 Å². The van der Waals surface area contributed by atoms with Gasteiger partial charge in [-0.1, -0.05) is 5.16 Å². The second kappa shape index (κ2) is 5.15. The Balaban J connectivity index is 1.42. The Labute approximate surface area is 138 Å². The van der Waals surface area contributed by atoms with E-state index in [9.17, 15) is 0 Å². The third kappa shape index (κ3) is 2.19. The van der Waals surface area contributed by atoms with E-state index in [1.54, 1.807) is 10.8 Å². The van der Waals surface area contributed by atoms with Gasteiger partial charge in [0.1, 0.15) is 12.0 Å². The topological polar surface area (TPSA) is 88.5 Å². The maximum Gasteiger partial charge on any atom is 0.200 e. The first-order chi connectivity index (χ1) is 11.8. The molecule has 5 rings (SSSR count). The molecule has 0 amide bonds. The summed E-state index contributed by atoms with van der Waals surface area (Å²) >= 11 is 0. The number of anilines is 2. The molecule has 3 aromatic rings. The predicted molar refractivity (Wildman–Crippen MR) is 86.2 cm³/mol. The molecule has 2 aliphatic rings. The second-order valence-corrected chi connectivity index (χ2v) is 6.48. The molecular formula is C15H18N8O. The zero-order valence-electron chi connectivity index (χ0n) is 13.5. The number of piperazine rings is 1. The first-order valence-electron chi connectivity index (χ1n) is 8.29. The molecule has 2 fully saturated rings. The van der Waals surface area contributed by atoms with Gasteiger partial charge in [0, 0.05) is 32.1 Å². The van der Waals surface area contributed by atoms with Crippen molar-refractivity contribution in [3.8, 4) is 0 Å². The summed E-state index contributed by atoms with van der Waals surface area (Å²) in [6.07, 6.45) is 4.14. The Morgan fingerprint density at radius 2 is 1.88 bits per heavy atom. The fourth-order valence-corrected chi connectivity index (χ4v) is 3.31. The largest absolute Gasteiger partial charge is 0.365 e. The summed E-state index contributed by atoms with van der Waals surface area (Å²) in [6.45, 7) is 5.45. The van der Waals surface area contributed by atoms with Gasteiger partial charge < -0.3 is 9.80 Å². The van der Waals surface area contributed by atoms with Crippen LogP contribution in [0.4, 0.5) is 11.5 Å². The van der Waals surface area contributed by atoms with E-state index >= 15 is 0 Å². The van der Waals surface area contributed by atoms with Gasteiger partial charge in [0.05, 0.1) is 11.4 Å². The molecule has 0 unspecified atom stereocenters. The van der Waals surface area contributed by atoms with Crippen molar-refractivity contribution in [3.63, 3.8) is 0 Å². The van der Waals surface area contributed by atoms with Crippen LogP contribution in [0.1, 0.15) is 30.1 Å². The molecule has 1 aliphatic heterocycles. The average Bonchev–Trinajstić information content (AvgIpc) is 3.20. The summed E-state index contributed by atoms with van der Waals surface area (Å²) in [5.74, 6) is 1.44. The predicted octanol–water partition coefficient (Wildman–Crippen LogP) is 1.02. The molecule has 9 heteroatoms. The Morgan fingerprint density at radius 1 is 1.08 bits per heavy atom. The van der Waals surface area contributed by atoms with Crippen LogP contribution in [0, 0.1) is 6.92 Å². The molecule has 3 aromatic heterocycles. The molecule has 0 atom stereocenters. The SMILES string of the molecule is Cc1nonc1N1CCN(c2cc(C3CC3)nn3cnnc23)CC1. The summed E-state index contributed by atoms with van der Waals surface area (Å²) < 4.78 is 6.63. The maximum atomic E-state index is 4.82. The molecule has 1 aliphatic carbocycles. The molecule has 0 aromatic carbocycles. The number of hydrogen-bond donors (Lipinski definition) is 0. The van der Waals surface area contributed by atoms with Crippen molar-refractivity contribution in [3.05, 3.63) is 23.8 Å². The van der Waals surface area contributed by atoms with Crippen LogP contribution >= 0.6 is 0 Å². The van der Waals surface area contributed by atoms with Gasteiger partial charge in [-0.25, -0.2) is 4.63 Å². The standard InChI is InChI=1S/C15H18N8O/c1-10-14(20-24-19-10)22-6-4-21(5-7-22)13-8-12(11-2-3-11)18-23-9-16-17-15(13)23/h8-9,11H,2-7H2,1H3. The third-order valence-electron chi connectivity index (χ3n) is 4.81. The minimum absolute atomic E-state index is 0.598. The lowest BCUT2D eigenvalue weighted by molar-refractivity contribution is 0.304. The van der Waals surface area contributed by atoms with E-state index in [4.69, 9.17) is 4.63 Å². The molecule has 0 spiro atoms. The van der Waals surface area contributed by atoms with Crippen LogP contribution in [0.2, 0.25) is 0 Å². The van der Waals surface area contributed by atoms with Crippen molar-refractivity contribution in [1.29, 1.82) is 0 Å². The van der Waals surface area contributed by atoms with Crippen molar-refractivity contribution in [2.75, 3.05) is 36.0 Å². The molecule has 124 valence electrons. The van der Waals surface area contributed by atoms with Gasteiger partial charge in [0.2, 0.25) is 5.65 Å². The molecule has 1 saturated carbocycles. The Kier molecular flexibility index (Phi) is 2.94. The van der Waals surface area contributed by atoms with E-state index in [-0.39, 0.29) is 0 Å². The van der Waals surface area contributed by atoms with Crippen molar-refractivity contribution in [1.82, 2.24) is 30.1 Å². The molecule has 0 N–H and O–H groups in total. The highest BCUT2D eigenvalue weighted by atomic mass is 16.6. The Morgan fingerprint density at radius 3 is 2.58 bits per heavy atom. The van der Waals surface area contributed by atoms with Crippen molar-refractivity contribution >= 4 is 17.2 Å². The van der Waals surface area contributed by atoms with Crippen LogP contribution in [-0.2, 0) is 0 Å². The minimum Gasteiger partial charge on any atom is -0.365 e. The van der Waals surface area contributed by atoms with Gasteiger partial charge in [-0.05, 0) is 31.0 Å². The summed E-state index contributed by atoms with van der Waals surface area (Å²) in [6, 6.07) is 2.19.